The fourth-order valence-electron chi connectivity index (χ4n) is 3.70. The van der Waals surface area contributed by atoms with Crippen LogP contribution < -0.4 is 15.0 Å². The number of anilines is 1. The summed E-state index contributed by atoms with van der Waals surface area (Å²) < 4.78 is 5.14. The number of Topliss-reactive ketones (excluding diaryl/α,β-unsaturated/α-hetero) is 1. The first-order valence-electron chi connectivity index (χ1n) is 10.7. The number of nitrogens with zero attached hydrogens (tertiary/aromatic N) is 2. The van der Waals surface area contributed by atoms with E-state index >= 15 is 0 Å². The molecule has 8 nitrogen and oxygen atoms in total. The molecule has 2 N–H and O–H groups in total. The Morgan fingerprint density at radius 1 is 1.12 bits per heavy atom. The number of carbonyl (C=O) groups is 3. The normalized spacial score (nSPS) is 15.1. The summed E-state index contributed by atoms with van der Waals surface area (Å²) in [6, 6.07) is 17.7. The highest BCUT2D eigenvalue weighted by Crippen LogP contribution is 2.37. The molecule has 0 saturated carbocycles. The van der Waals surface area contributed by atoms with E-state index in [1.54, 1.807) is 44.5 Å². The minimum absolute atomic E-state index is 0.0619. The molecule has 1 atom stereocenters. The first kappa shape index (κ1) is 23.5. The van der Waals surface area contributed by atoms with Gasteiger partial charge in [-0.25, -0.2) is 0 Å². The lowest BCUT2D eigenvalue weighted by Crippen LogP contribution is -2.53. The van der Waals surface area contributed by atoms with Gasteiger partial charge < -0.3 is 20.1 Å². The first-order chi connectivity index (χ1) is 16.4. The van der Waals surface area contributed by atoms with Gasteiger partial charge in [0.25, 0.3) is 11.8 Å². The van der Waals surface area contributed by atoms with Crippen LogP contribution in [0.3, 0.4) is 0 Å². The summed E-state index contributed by atoms with van der Waals surface area (Å²) in [4.78, 5) is 41.4. The Morgan fingerprint density at radius 2 is 1.82 bits per heavy atom. The van der Waals surface area contributed by atoms with E-state index in [-0.39, 0.29) is 24.7 Å². The van der Waals surface area contributed by atoms with Crippen LogP contribution in [0.1, 0.15) is 42.4 Å². The highest BCUT2D eigenvalue weighted by molar-refractivity contribution is 7.18. The van der Waals surface area contributed by atoms with Gasteiger partial charge in [-0.05, 0) is 23.8 Å². The van der Waals surface area contributed by atoms with E-state index in [9.17, 15) is 19.5 Å². The van der Waals surface area contributed by atoms with Gasteiger partial charge in [0.2, 0.25) is 6.35 Å². The van der Waals surface area contributed by atoms with Crippen molar-refractivity contribution in [3.8, 4) is 5.75 Å². The van der Waals surface area contributed by atoms with Crippen LogP contribution >= 0.6 is 11.3 Å². The number of benzene rings is 2. The molecule has 2 amide bonds. The number of hydrogen-bond donors (Lipinski definition) is 2. The summed E-state index contributed by atoms with van der Waals surface area (Å²) in [6.45, 7) is 0.387. The SMILES string of the molecule is COc1ccc(CNC(=O)c2cc3c(s2)N(C)C(O)N(CCC(=O)c2ccccc2)C3=O)cc1. The Bertz CT molecular complexity index is 1190. The molecule has 0 radical (unpaired) electrons. The highest BCUT2D eigenvalue weighted by atomic mass is 32.1. The van der Waals surface area contributed by atoms with E-state index in [1.807, 2.05) is 30.3 Å². The summed E-state index contributed by atoms with van der Waals surface area (Å²) in [5, 5.41) is 14.1. The van der Waals surface area contributed by atoms with E-state index in [0.29, 0.717) is 27.5 Å². The second-order valence-corrected chi connectivity index (χ2v) is 8.89. The second-order valence-electron chi connectivity index (χ2n) is 7.86. The number of carbonyl (C=O) groups excluding carboxylic acids is 3. The molecular formula is C25H25N3O5S. The summed E-state index contributed by atoms with van der Waals surface area (Å²) in [5.74, 6) is -0.0993. The van der Waals surface area contributed by atoms with Crippen molar-refractivity contribution < 1.29 is 24.2 Å². The van der Waals surface area contributed by atoms with Crippen molar-refractivity contribution in [3.05, 3.63) is 82.2 Å². The van der Waals surface area contributed by atoms with Crippen molar-refractivity contribution in [2.75, 3.05) is 25.6 Å². The van der Waals surface area contributed by atoms with Crippen LogP contribution in [0.2, 0.25) is 0 Å². The van der Waals surface area contributed by atoms with Crippen molar-refractivity contribution in [1.29, 1.82) is 0 Å². The Balaban J connectivity index is 1.43. The number of ketones is 1. The maximum absolute atomic E-state index is 13.1. The zero-order chi connectivity index (χ0) is 24.2. The van der Waals surface area contributed by atoms with Gasteiger partial charge in [-0.1, -0.05) is 42.5 Å². The number of hydrogen-bond acceptors (Lipinski definition) is 7. The number of aliphatic hydroxyl groups is 1. The first-order valence-corrected chi connectivity index (χ1v) is 11.6. The van der Waals surface area contributed by atoms with Crippen LogP contribution in [-0.2, 0) is 6.54 Å². The lowest BCUT2D eigenvalue weighted by molar-refractivity contribution is 0.00496. The van der Waals surface area contributed by atoms with Crippen molar-refractivity contribution >= 4 is 33.9 Å². The monoisotopic (exact) mass is 479 g/mol. The zero-order valence-electron chi connectivity index (χ0n) is 18.9. The van der Waals surface area contributed by atoms with Crippen LogP contribution in [0.4, 0.5) is 5.00 Å². The maximum Gasteiger partial charge on any atom is 0.261 e. The maximum atomic E-state index is 13.1. The number of ether oxygens (including phenoxy) is 1. The van der Waals surface area contributed by atoms with Crippen LogP contribution in [0.15, 0.2) is 60.7 Å². The van der Waals surface area contributed by atoms with E-state index in [2.05, 4.69) is 5.32 Å². The van der Waals surface area contributed by atoms with Crippen molar-refractivity contribution in [1.82, 2.24) is 10.2 Å². The number of nitrogens with one attached hydrogen (secondary N) is 1. The van der Waals surface area contributed by atoms with E-state index in [4.69, 9.17) is 4.74 Å². The molecule has 0 fully saturated rings. The molecule has 34 heavy (non-hydrogen) atoms. The van der Waals surface area contributed by atoms with Crippen molar-refractivity contribution in [3.63, 3.8) is 0 Å². The average molecular weight is 480 g/mol. The Kier molecular flexibility index (Phi) is 6.95. The van der Waals surface area contributed by atoms with Crippen molar-refractivity contribution in [2.45, 2.75) is 19.3 Å². The number of fused-ring (bicyclic) bond motifs is 1. The number of thiophene rings is 1. The smallest absolute Gasteiger partial charge is 0.261 e. The number of rotatable bonds is 8. The Morgan fingerprint density at radius 3 is 2.50 bits per heavy atom. The van der Waals surface area contributed by atoms with E-state index in [0.717, 1.165) is 22.6 Å². The molecule has 4 rings (SSSR count). The predicted octanol–water partition coefficient (Wildman–Crippen LogP) is 3.13. The minimum atomic E-state index is -1.22. The molecule has 0 bridgehead atoms. The Labute approximate surface area is 201 Å². The molecule has 1 aliphatic rings. The van der Waals surface area contributed by atoms with Gasteiger partial charge in [-0.2, -0.15) is 0 Å². The number of aliphatic hydroxyl groups excluding tert-OH is 1. The zero-order valence-corrected chi connectivity index (χ0v) is 19.7. The van der Waals surface area contributed by atoms with Crippen LogP contribution in [0.25, 0.3) is 0 Å². The molecule has 9 heteroatoms. The lowest BCUT2D eigenvalue weighted by Gasteiger charge is -2.38. The van der Waals surface area contributed by atoms with Gasteiger partial charge in [0.05, 0.1) is 17.6 Å². The van der Waals surface area contributed by atoms with E-state index in [1.165, 1.54) is 9.80 Å². The van der Waals surface area contributed by atoms with Gasteiger partial charge >= 0.3 is 0 Å². The average Bonchev–Trinajstić information content (AvgIpc) is 3.33. The molecule has 1 aromatic heterocycles. The molecule has 3 aromatic rings. The van der Waals surface area contributed by atoms with Crippen LogP contribution in [0.5, 0.6) is 5.75 Å². The topological polar surface area (TPSA) is 99.2 Å². The molecule has 176 valence electrons. The van der Waals surface area contributed by atoms with Gasteiger partial charge in [0.15, 0.2) is 5.78 Å². The third-order valence-electron chi connectivity index (χ3n) is 5.66. The molecule has 1 aliphatic heterocycles. The highest BCUT2D eigenvalue weighted by Gasteiger charge is 2.37. The standard InChI is InChI=1S/C25H25N3O5S/c1-27-24-19(14-21(34-24)22(30)26-15-16-8-10-18(33-2)11-9-16)23(31)28(25(27)32)13-12-20(29)17-6-4-3-5-7-17/h3-11,14,25,32H,12-13,15H2,1-2H3,(H,26,30). The molecule has 0 saturated heterocycles. The Hall–Kier alpha value is -3.69. The molecule has 2 aromatic carbocycles. The summed E-state index contributed by atoms with van der Waals surface area (Å²) >= 11 is 1.14. The number of amides is 2. The van der Waals surface area contributed by atoms with Gasteiger partial charge in [0, 0.05) is 32.1 Å². The molecule has 2 heterocycles. The summed E-state index contributed by atoms with van der Waals surface area (Å²) in [7, 11) is 3.24. The van der Waals surface area contributed by atoms with Gasteiger partial charge in [0.1, 0.15) is 10.8 Å². The fourth-order valence-corrected chi connectivity index (χ4v) is 4.75. The predicted molar refractivity (Wildman–Crippen MR) is 129 cm³/mol. The van der Waals surface area contributed by atoms with Gasteiger partial charge in [-0.3, -0.25) is 19.3 Å². The van der Waals surface area contributed by atoms with Crippen molar-refractivity contribution in [2.24, 2.45) is 0 Å². The number of methoxy groups -OCH3 is 1. The second kappa shape index (κ2) is 10.1. The molecule has 0 aliphatic carbocycles. The summed E-state index contributed by atoms with van der Waals surface area (Å²) in [6.07, 6.45) is -1.15. The molecular weight excluding hydrogens is 454 g/mol. The molecule has 0 spiro atoms. The minimum Gasteiger partial charge on any atom is -0.497 e. The van der Waals surface area contributed by atoms with Crippen LogP contribution in [-0.4, -0.2) is 54.7 Å². The quantitative estimate of drug-likeness (QED) is 0.482. The van der Waals surface area contributed by atoms with Crippen LogP contribution in [0, 0.1) is 0 Å². The lowest BCUT2D eigenvalue weighted by atomic mass is 10.1. The van der Waals surface area contributed by atoms with E-state index < -0.39 is 12.3 Å². The summed E-state index contributed by atoms with van der Waals surface area (Å²) in [5.41, 5.74) is 1.80. The largest absolute Gasteiger partial charge is 0.497 e. The third kappa shape index (κ3) is 4.80. The fraction of sp³-hybridized carbons (Fsp3) is 0.240. The van der Waals surface area contributed by atoms with Gasteiger partial charge in [-0.15, -0.1) is 11.3 Å². The third-order valence-corrected chi connectivity index (χ3v) is 6.89. The molecule has 1 unspecified atom stereocenters.